The molecule has 0 amide bonds. The van der Waals surface area contributed by atoms with Crippen LogP contribution in [0.15, 0.2) is 4.99 Å². The second kappa shape index (κ2) is 19.2. The zero-order valence-corrected chi connectivity index (χ0v) is 36.8. The summed E-state index contributed by atoms with van der Waals surface area (Å²) in [4.78, 5) is 23.2. The number of likely N-dealkylation sites (N-methyl/N-ethyl adjacent to an activating group) is 1. The summed E-state index contributed by atoms with van der Waals surface area (Å²) in [7, 11) is 1.96. The molecule has 56 heavy (non-hydrogen) atoms. The Labute approximate surface area is 336 Å². The third kappa shape index (κ3) is 10.6. The van der Waals surface area contributed by atoms with Gasteiger partial charge in [-0.3, -0.25) is 9.69 Å². The molecule has 0 aliphatic carbocycles. The average molecular weight is 800 g/mol. The smallest absolute Gasteiger partial charge is 0.311 e. The Morgan fingerprint density at radius 3 is 2.21 bits per heavy atom. The van der Waals surface area contributed by atoms with Crippen LogP contribution in [0.2, 0.25) is 0 Å². The Morgan fingerprint density at radius 1 is 0.964 bits per heavy atom. The number of nitrogens with zero attached hydrogens (tertiary/aromatic N) is 3. The maximum atomic E-state index is 14.4. The van der Waals surface area contributed by atoms with Crippen molar-refractivity contribution in [3.63, 3.8) is 0 Å². The Hall–Kier alpha value is -1.62. The van der Waals surface area contributed by atoms with Gasteiger partial charge in [0.1, 0.15) is 17.8 Å². The molecule has 326 valence electrons. The lowest BCUT2D eigenvalue weighted by Gasteiger charge is -2.47. The number of rotatable bonds is 8. The molecule has 4 rings (SSSR count). The fraction of sp³-hybridized carbons (Fsp3) is 0.952. The fourth-order valence-corrected chi connectivity index (χ4v) is 9.63. The van der Waals surface area contributed by atoms with E-state index in [1.807, 2.05) is 60.4 Å². The van der Waals surface area contributed by atoms with Crippen LogP contribution in [0.25, 0.3) is 0 Å². The highest BCUT2D eigenvalue weighted by atomic mass is 16.7. The minimum atomic E-state index is -1.77. The first kappa shape index (κ1) is 47.1. The van der Waals surface area contributed by atoms with Gasteiger partial charge in [0.15, 0.2) is 18.7 Å². The van der Waals surface area contributed by atoms with Gasteiger partial charge in [0, 0.05) is 38.0 Å². The van der Waals surface area contributed by atoms with Gasteiger partial charge in [-0.05, 0) is 99.5 Å². The summed E-state index contributed by atoms with van der Waals surface area (Å²) < 4.78 is 39.1. The predicted octanol–water partition coefficient (Wildman–Crippen LogP) is 4.08. The monoisotopic (exact) mass is 800 g/mol. The van der Waals surface area contributed by atoms with Crippen molar-refractivity contribution in [2.75, 3.05) is 20.1 Å². The number of carbonyl (C=O) groups is 1. The maximum Gasteiger partial charge on any atom is 0.311 e. The summed E-state index contributed by atoms with van der Waals surface area (Å²) >= 11 is 0. The first-order valence-corrected chi connectivity index (χ1v) is 21.4. The van der Waals surface area contributed by atoms with E-state index in [9.17, 15) is 25.2 Å². The van der Waals surface area contributed by atoms with Crippen LogP contribution in [0, 0.1) is 23.7 Å². The Bertz CT molecular complexity index is 1290. The zero-order chi connectivity index (χ0) is 42.0. The Morgan fingerprint density at radius 2 is 1.62 bits per heavy atom. The highest BCUT2D eigenvalue weighted by Crippen LogP contribution is 2.40. The van der Waals surface area contributed by atoms with Crippen LogP contribution in [-0.2, 0) is 33.2 Å². The molecule has 18 atom stereocenters. The van der Waals surface area contributed by atoms with Crippen molar-refractivity contribution in [1.29, 1.82) is 0 Å². The number of aliphatic hydroxyl groups is 4. The van der Waals surface area contributed by atoms with Gasteiger partial charge in [0.2, 0.25) is 0 Å². The van der Waals surface area contributed by atoms with Gasteiger partial charge in [-0.2, -0.15) is 0 Å². The summed E-state index contributed by atoms with van der Waals surface area (Å²) in [6.45, 7) is 25.6. The first-order chi connectivity index (χ1) is 26.0. The highest BCUT2D eigenvalue weighted by Gasteiger charge is 2.54. The minimum absolute atomic E-state index is 0.0103. The molecule has 0 saturated carbocycles. The molecular formula is C42H77N3O11. The van der Waals surface area contributed by atoms with E-state index in [-0.39, 0.29) is 36.4 Å². The van der Waals surface area contributed by atoms with Crippen LogP contribution in [0.5, 0.6) is 0 Å². The summed E-state index contributed by atoms with van der Waals surface area (Å²) in [6.07, 6.45) is -5.30. The lowest BCUT2D eigenvalue weighted by atomic mass is 9.77. The molecule has 4 saturated heterocycles. The molecule has 4 unspecified atom stereocenters. The van der Waals surface area contributed by atoms with Crippen molar-refractivity contribution >= 4 is 12.0 Å². The highest BCUT2D eigenvalue weighted by molar-refractivity contribution is 5.76. The van der Waals surface area contributed by atoms with Gasteiger partial charge in [-0.1, -0.05) is 34.6 Å². The molecule has 4 heterocycles. The predicted molar refractivity (Wildman–Crippen MR) is 213 cm³/mol. The minimum Gasteiger partial charge on any atom is -0.459 e. The summed E-state index contributed by atoms with van der Waals surface area (Å²) in [6, 6.07) is -0.0492. The lowest BCUT2D eigenvalue weighted by Crippen LogP contribution is -2.59. The van der Waals surface area contributed by atoms with E-state index in [1.54, 1.807) is 20.8 Å². The molecule has 0 radical (unpaired) electrons. The number of aliphatic imine (C=N–C) groups is 1. The van der Waals surface area contributed by atoms with E-state index in [1.165, 1.54) is 6.92 Å². The summed E-state index contributed by atoms with van der Waals surface area (Å²) in [5.74, 6) is -2.47. The van der Waals surface area contributed by atoms with Crippen LogP contribution in [0.4, 0.5) is 0 Å². The van der Waals surface area contributed by atoms with Gasteiger partial charge in [0.05, 0.1) is 48.1 Å². The Kier molecular flexibility index (Phi) is 16.1. The molecule has 4 aliphatic rings. The second-order valence-electron chi connectivity index (χ2n) is 18.5. The third-order valence-electron chi connectivity index (χ3n) is 12.8. The summed E-state index contributed by atoms with van der Waals surface area (Å²) in [5, 5.41) is 47.2. The fourth-order valence-electron chi connectivity index (χ4n) is 9.63. The number of hydrogen-bond donors (Lipinski definition) is 4. The number of carbonyl (C=O) groups excluding carboxylic acids is 1. The topological polar surface area (TPSA) is 172 Å². The van der Waals surface area contributed by atoms with E-state index in [0.717, 1.165) is 6.42 Å². The van der Waals surface area contributed by atoms with E-state index >= 15 is 0 Å². The number of aliphatic hydroxyl groups excluding tert-OH is 2. The van der Waals surface area contributed by atoms with Gasteiger partial charge in [0.25, 0.3) is 6.02 Å². The summed E-state index contributed by atoms with van der Waals surface area (Å²) in [5.41, 5.74) is -3.27. The van der Waals surface area contributed by atoms with Crippen molar-refractivity contribution < 1.29 is 53.6 Å². The van der Waals surface area contributed by atoms with Crippen molar-refractivity contribution in [2.45, 2.75) is 213 Å². The molecule has 0 bridgehead atoms. The zero-order valence-electron chi connectivity index (χ0n) is 36.8. The van der Waals surface area contributed by atoms with Crippen LogP contribution in [-0.4, -0.2) is 153 Å². The molecule has 0 aromatic carbocycles. The van der Waals surface area contributed by atoms with Crippen LogP contribution in [0.3, 0.4) is 0 Å². The van der Waals surface area contributed by atoms with E-state index in [2.05, 4.69) is 18.7 Å². The molecule has 4 fully saturated rings. The van der Waals surface area contributed by atoms with E-state index < -0.39 is 90.4 Å². The van der Waals surface area contributed by atoms with Crippen LogP contribution in [0.1, 0.15) is 122 Å². The average Bonchev–Trinajstić information content (AvgIpc) is 3.41. The van der Waals surface area contributed by atoms with Crippen molar-refractivity contribution in [3.05, 3.63) is 0 Å². The second-order valence-corrected chi connectivity index (χ2v) is 18.5. The number of amidine groups is 1. The molecule has 0 spiro atoms. The number of fused-ring (bicyclic) bond motifs is 1. The number of ether oxygens (including phenoxy) is 6. The van der Waals surface area contributed by atoms with Crippen molar-refractivity contribution in [2.24, 2.45) is 28.7 Å². The third-order valence-corrected chi connectivity index (χ3v) is 12.8. The molecule has 14 heteroatoms. The van der Waals surface area contributed by atoms with Gasteiger partial charge in [-0.25, -0.2) is 4.99 Å². The van der Waals surface area contributed by atoms with Crippen LogP contribution < -0.4 is 0 Å². The molecule has 4 aliphatic heterocycles. The Balaban J connectivity index is 1.83. The molecular weight excluding hydrogens is 722 g/mol. The van der Waals surface area contributed by atoms with Crippen molar-refractivity contribution in [1.82, 2.24) is 9.80 Å². The number of esters is 1. The standard InChI is InChI=1S/C42H77N3O11/c1-15-17-45-21-23(5)20-41(12,49)37(56-39-35-30(19-25(7)51-39)44(14)40(55-35)43-22(3)4)26(8)34(54-32-18-24(6)33(46)29(11)52-32)27(9)38(48)53-31(16-2)42(13,50)36(47)28(45)10/h22-37,39,46-47,49-50H,15-21H2,1-14H3/t23-,24+,25?,26+,27?,28-,29+,30?,31-,32+,33-,34?,35-,36-,37-,39+,41-,42-/m1/s1. The largest absolute Gasteiger partial charge is 0.459 e. The van der Waals surface area contributed by atoms with Gasteiger partial charge >= 0.3 is 5.97 Å². The van der Waals surface area contributed by atoms with E-state index in [4.69, 9.17) is 33.4 Å². The first-order valence-electron chi connectivity index (χ1n) is 21.4. The van der Waals surface area contributed by atoms with Gasteiger partial charge < -0.3 is 53.7 Å². The lowest BCUT2D eigenvalue weighted by molar-refractivity contribution is -0.302. The van der Waals surface area contributed by atoms with Crippen LogP contribution >= 0.6 is 0 Å². The van der Waals surface area contributed by atoms with Crippen molar-refractivity contribution in [3.8, 4) is 0 Å². The SMILES string of the molecule is CCCN1C[C@H](C)C[C@@](C)(O)[C@H](O[C@@H]2OC(C)CC3[C@H]2OC(=NC(C)C)N3C)[C@@H](C)C(O[C@H]2C[C@H](C)[C@@H](O)[C@H](C)O2)C(C)C(=O)O[C@H](CC)[C@@](C)(O)[C@H](O)[C@H]1C. The van der Waals surface area contributed by atoms with Gasteiger partial charge in [-0.15, -0.1) is 0 Å². The van der Waals surface area contributed by atoms with E-state index in [0.29, 0.717) is 38.4 Å². The number of cyclic esters (lactones) is 1. The normalized spacial score (nSPS) is 47.2. The molecule has 0 aromatic heterocycles. The molecule has 0 aromatic rings. The molecule has 14 nitrogen and oxygen atoms in total. The maximum absolute atomic E-state index is 14.4. The quantitative estimate of drug-likeness (QED) is 0.259. The number of hydrogen-bond acceptors (Lipinski definition) is 13. The molecule has 4 N–H and O–H groups in total.